The largest absolute Gasteiger partial charge is 0.494 e. The average Bonchev–Trinajstić information content (AvgIpc) is 3.50. The summed E-state index contributed by atoms with van der Waals surface area (Å²) >= 11 is 5.88. The number of hydrogen-bond donors (Lipinski definition) is 0. The van der Waals surface area contributed by atoms with Gasteiger partial charge >= 0.3 is 0 Å². The third kappa shape index (κ3) is 5.46. The Morgan fingerprint density at radius 2 is 1.76 bits per heavy atom. The van der Waals surface area contributed by atoms with Gasteiger partial charge in [-0.25, -0.2) is 18.4 Å². The zero-order valence-corrected chi connectivity index (χ0v) is 22.5. The van der Waals surface area contributed by atoms with Crippen molar-refractivity contribution in [1.29, 1.82) is 0 Å². The molecule has 198 valence electrons. The fraction of sp³-hybridized carbons (Fsp3) is 0.458. The number of methoxy groups -OCH3 is 3. The molecule has 0 radical (unpaired) electrons. The first-order valence-electron chi connectivity index (χ1n) is 11.6. The van der Waals surface area contributed by atoms with Crippen LogP contribution in [-0.4, -0.2) is 65.5 Å². The number of ketones is 1. The van der Waals surface area contributed by atoms with Gasteiger partial charge in [-0.05, 0) is 25.5 Å². The van der Waals surface area contributed by atoms with Crippen molar-refractivity contribution in [3.8, 4) is 17.2 Å². The Labute approximate surface area is 220 Å². The molecule has 0 spiro atoms. The fourth-order valence-corrected chi connectivity index (χ4v) is 6.01. The standard InChI is InChI=1S/C24H28ClN5O6S/c1-14(22(36-4)23-26-11-16(25)12-27-23)37(32,33)13-20-28-29-24(15-8-9-17(31)10-15)30(20)21-18(34-2)6-5-7-19(21)35-3/h5-7,11-12,14-15,22H,8-10,13H2,1-4H3/t14-,15+,22-/m0/s1. The third-order valence-electron chi connectivity index (χ3n) is 6.46. The highest BCUT2D eigenvalue weighted by molar-refractivity contribution is 7.91. The number of halogens is 1. The molecule has 2 heterocycles. The predicted octanol–water partition coefficient (Wildman–Crippen LogP) is 3.26. The number of hydrogen-bond acceptors (Lipinski definition) is 10. The van der Waals surface area contributed by atoms with E-state index in [2.05, 4.69) is 20.2 Å². The molecule has 0 aliphatic heterocycles. The second kappa shape index (κ2) is 11.1. The molecule has 4 rings (SSSR count). The van der Waals surface area contributed by atoms with Crippen LogP contribution in [0.5, 0.6) is 11.5 Å². The minimum absolute atomic E-state index is 0.125. The molecule has 0 bridgehead atoms. The van der Waals surface area contributed by atoms with E-state index in [1.807, 2.05) is 0 Å². The number of carbonyl (C=O) groups is 1. The number of aromatic nitrogens is 5. The topological polar surface area (TPSA) is 135 Å². The van der Waals surface area contributed by atoms with Crippen LogP contribution in [0.25, 0.3) is 5.69 Å². The van der Waals surface area contributed by atoms with Crippen LogP contribution in [0.2, 0.25) is 5.02 Å². The van der Waals surface area contributed by atoms with E-state index in [1.165, 1.54) is 40.6 Å². The Bertz CT molecular complexity index is 1360. The van der Waals surface area contributed by atoms with Crippen LogP contribution in [0.15, 0.2) is 30.6 Å². The van der Waals surface area contributed by atoms with Gasteiger partial charge in [-0.1, -0.05) is 17.7 Å². The van der Waals surface area contributed by atoms with Gasteiger partial charge < -0.3 is 14.2 Å². The van der Waals surface area contributed by atoms with E-state index < -0.39 is 26.9 Å². The van der Waals surface area contributed by atoms with E-state index >= 15 is 0 Å². The lowest BCUT2D eigenvalue weighted by Gasteiger charge is -2.22. The number of benzene rings is 1. The predicted molar refractivity (Wildman–Crippen MR) is 135 cm³/mol. The normalized spacial score (nSPS) is 17.5. The molecule has 3 aromatic rings. The molecule has 0 amide bonds. The van der Waals surface area contributed by atoms with Crippen LogP contribution >= 0.6 is 11.6 Å². The molecule has 1 aromatic carbocycles. The second-order valence-corrected chi connectivity index (χ2v) is 11.5. The highest BCUT2D eigenvalue weighted by Gasteiger charge is 2.37. The van der Waals surface area contributed by atoms with Crippen LogP contribution in [0.3, 0.4) is 0 Å². The van der Waals surface area contributed by atoms with Gasteiger partial charge in [0, 0.05) is 38.3 Å². The average molecular weight is 550 g/mol. The summed E-state index contributed by atoms with van der Waals surface area (Å²) < 4.78 is 45.6. The highest BCUT2D eigenvalue weighted by Crippen LogP contribution is 2.39. The molecule has 2 aromatic heterocycles. The van der Waals surface area contributed by atoms with E-state index in [-0.39, 0.29) is 23.3 Å². The van der Waals surface area contributed by atoms with Crippen molar-refractivity contribution in [2.45, 2.75) is 49.2 Å². The van der Waals surface area contributed by atoms with Crippen LogP contribution in [0, 0.1) is 0 Å². The number of ether oxygens (including phenoxy) is 3. The van der Waals surface area contributed by atoms with Crippen molar-refractivity contribution in [1.82, 2.24) is 24.7 Å². The summed E-state index contributed by atoms with van der Waals surface area (Å²) in [4.78, 5) is 20.3. The molecule has 13 heteroatoms. The molecule has 1 aliphatic carbocycles. The van der Waals surface area contributed by atoms with Crippen molar-refractivity contribution in [2.24, 2.45) is 0 Å². The Hall–Kier alpha value is -3.09. The summed E-state index contributed by atoms with van der Waals surface area (Å²) in [5, 5.41) is 7.92. The number of nitrogens with zero attached hydrogens (tertiary/aromatic N) is 5. The SMILES string of the molecule is COc1cccc(OC)c1-n1c(CS(=O)(=O)[C@@H](C)[C@H](OC)c2ncc(Cl)cn2)nnc1[C@@H]1CCC(=O)C1. The van der Waals surface area contributed by atoms with Gasteiger partial charge in [0.05, 0.1) is 24.5 Å². The molecule has 0 unspecified atom stereocenters. The van der Waals surface area contributed by atoms with Crippen LogP contribution in [-0.2, 0) is 25.1 Å². The first kappa shape index (κ1) is 27.0. The Morgan fingerprint density at radius 3 is 2.30 bits per heavy atom. The van der Waals surface area contributed by atoms with Gasteiger partial charge in [0.25, 0.3) is 0 Å². The van der Waals surface area contributed by atoms with E-state index in [1.54, 1.807) is 22.8 Å². The van der Waals surface area contributed by atoms with Crippen molar-refractivity contribution in [3.63, 3.8) is 0 Å². The highest BCUT2D eigenvalue weighted by atomic mass is 35.5. The summed E-state index contributed by atoms with van der Waals surface area (Å²) in [5.74, 6) is 1.18. The molecule has 11 nitrogen and oxygen atoms in total. The van der Waals surface area contributed by atoms with Crippen molar-refractivity contribution >= 4 is 27.2 Å². The van der Waals surface area contributed by atoms with E-state index in [9.17, 15) is 13.2 Å². The summed E-state index contributed by atoms with van der Waals surface area (Å²) in [6, 6.07) is 5.24. The molecule has 1 aliphatic rings. The third-order valence-corrected chi connectivity index (χ3v) is 8.70. The molecule has 37 heavy (non-hydrogen) atoms. The lowest BCUT2D eigenvalue weighted by atomic mass is 10.1. The molecule has 1 fully saturated rings. The Kier molecular flexibility index (Phi) is 8.10. The van der Waals surface area contributed by atoms with Gasteiger partial charge in [0.2, 0.25) is 0 Å². The first-order chi connectivity index (χ1) is 17.7. The first-order valence-corrected chi connectivity index (χ1v) is 13.7. The van der Waals surface area contributed by atoms with E-state index in [0.717, 1.165) is 0 Å². The lowest BCUT2D eigenvalue weighted by molar-refractivity contribution is -0.117. The fourth-order valence-electron chi connectivity index (χ4n) is 4.49. The minimum atomic E-state index is -3.88. The van der Waals surface area contributed by atoms with Gasteiger partial charge in [-0.15, -0.1) is 10.2 Å². The zero-order chi connectivity index (χ0) is 26.7. The van der Waals surface area contributed by atoms with Gasteiger partial charge in [-0.2, -0.15) is 0 Å². The molecule has 1 saturated carbocycles. The molecule has 3 atom stereocenters. The second-order valence-electron chi connectivity index (χ2n) is 8.73. The molecular weight excluding hydrogens is 522 g/mol. The summed E-state index contributed by atoms with van der Waals surface area (Å²) in [7, 11) is 0.530. The van der Waals surface area contributed by atoms with Crippen molar-refractivity contribution < 1.29 is 27.4 Å². The lowest BCUT2D eigenvalue weighted by Crippen LogP contribution is -2.30. The van der Waals surface area contributed by atoms with E-state index in [0.29, 0.717) is 47.3 Å². The monoisotopic (exact) mass is 549 g/mol. The Balaban J connectivity index is 1.79. The van der Waals surface area contributed by atoms with Gasteiger partial charge in [0.1, 0.15) is 40.7 Å². The van der Waals surface area contributed by atoms with Gasteiger partial charge in [0.15, 0.2) is 21.5 Å². The smallest absolute Gasteiger partial charge is 0.163 e. The van der Waals surface area contributed by atoms with Crippen molar-refractivity contribution in [2.75, 3.05) is 21.3 Å². The number of para-hydroxylation sites is 1. The quantitative estimate of drug-likeness (QED) is 0.370. The van der Waals surface area contributed by atoms with Crippen LogP contribution in [0.1, 0.15) is 55.7 Å². The zero-order valence-electron chi connectivity index (χ0n) is 20.9. The Morgan fingerprint density at radius 1 is 1.11 bits per heavy atom. The molecule has 0 saturated heterocycles. The molecular formula is C24H28ClN5O6S. The number of carbonyl (C=O) groups excluding carboxylic acids is 1. The van der Waals surface area contributed by atoms with Gasteiger partial charge in [-0.3, -0.25) is 9.36 Å². The van der Waals surface area contributed by atoms with Crippen LogP contribution in [0.4, 0.5) is 0 Å². The number of rotatable bonds is 10. The minimum Gasteiger partial charge on any atom is -0.494 e. The number of Topliss-reactive ketones (excluding diaryl/α,β-unsaturated/α-hetero) is 1. The van der Waals surface area contributed by atoms with E-state index in [4.69, 9.17) is 25.8 Å². The summed E-state index contributed by atoms with van der Waals surface area (Å²) in [6.45, 7) is 1.53. The number of sulfone groups is 1. The summed E-state index contributed by atoms with van der Waals surface area (Å²) in [6.07, 6.45) is 3.16. The van der Waals surface area contributed by atoms with Crippen LogP contribution < -0.4 is 9.47 Å². The maximum Gasteiger partial charge on any atom is 0.163 e. The maximum absolute atomic E-state index is 13.7. The van der Waals surface area contributed by atoms with Crippen molar-refractivity contribution in [3.05, 3.63) is 53.1 Å². The molecule has 0 N–H and O–H groups in total. The maximum atomic E-state index is 13.7. The summed E-state index contributed by atoms with van der Waals surface area (Å²) in [5.41, 5.74) is 0.467.